The number of nitrogens with one attached hydrogen (secondary N) is 1. The molecule has 2 atom stereocenters. The van der Waals surface area contributed by atoms with Gasteiger partial charge >= 0.3 is 6.09 Å². The Morgan fingerprint density at radius 1 is 1.20 bits per heavy atom. The molecular formula is C23H27N3O3S. The van der Waals surface area contributed by atoms with Gasteiger partial charge in [0.25, 0.3) is 0 Å². The van der Waals surface area contributed by atoms with E-state index in [0.29, 0.717) is 6.54 Å². The number of carbonyl (C=O) groups is 1. The van der Waals surface area contributed by atoms with E-state index >= 15 is 0 Å². The van der Waals surface area contributed by atoms with Gasteiger partial charge in [0.1, 0.15) is 10.3 Å². The van der Waals surface area contributed by atoms with E-state index in [2.05, 4.69) is 24.4 Å². The van der Waals surface area contributed by atoms with Gasteiger partial charge in [-0.2, -0.15) is 0 Å². The van der Waals surface area contributed by atoms with Crippen LogP contribution in [0.25, 0.3) is 0 Å². The first-order valence-electron chi connectivity index (χ1n) is 9.95. The van der Waals surface area contributed by atoms with Gasteiger partial charge in [0, 0.05) is 12.8 Å². The number of benzene rings is 2. The van der Waals surface area contributed by atoms with Crippen LogP contribution in [0.1, 0.15) is 31.9 Å². The summed E-state index contributed by atoms with van der Waals surface area (Å²) in [5, 5.41) is 4.21. The van der Waals surface area contributed by atoms with E-state index < -0.39 is 22.7 Å². The Balaban J connectivity index is 1.65. The van der Waals surface area contributed by atoms with Crippen molar-refractivity contribution in [2.75, 3.05) is 23.9 Å². The standard InChI is InChI=1S/C23H27N3O3S/c1-15-10-12-16(13-11-15)25-20-24-14-23(30-20)17-8-6-7-9-18(17)26(19(23)28-5)21(27)29-22(2,3)4/h6-13,19H,14H2,1-5H3,(H,24,25)/t19-,23+/m1/s1. The Hall–Kier alpha value is -2.51. The maximum absolute atomic E-state index is 13.1. The number of hydrogen-bond donors (Lipinski definition) is 1. The molecule has 0 aliphatic carbocycles. The van der Waals surface area contributed by atoms with Crippen LogP contribution in [0.3, 0.4) is 0 Å². The van der Waals surface area contributed by atoms with Crippen LogP contribution in [0.4, 0.5) is 16.2 Å². The van der Waals surface area contributed by atoms with E-state index in [9.17, 15) is 4.79 Å². The molecule has 2 aromatic rings. The number of thioether (sulfide) groups is 1. The van der Waals surface area contributed by atoms with Crippen molar-refractivity contribution in [3.63, 3.8) is 0 Å². The summed E-state index contributed by atoms with van der Waals surface area (Å²) in [5.41, 5.74) is 3.41. The fourth-order valence-corrected chi connectivity index (χ4v) is 5.19. The Morgan fingerprint density at radius 2 is 1.90 bits per heavy atom. The van der Waals surface area contributed by atoms with Gasteiger partial charge in [-0.25, -0.2) is 9.69 Å². The highest BCUT2D eigenvalue weighted by Gasteiger charge is 2.57. The van der Waals surface area contributed by atoms with E-state index in [0.717, 1.165) is 22.1 Å². The first-order chi connectivity index (χ1) is 14.2. The molecule has 0 radical (unpaired) electrons. The van der Waals surface area contributed by atoms with Crippen LogP contribution < -0.4 is 10.2 Å². The molecule has 2 aromatic carbocycles. The third kappa shape index (κ3) is 3.68. The number of fused-ring (bicyclic) bond motifs is 2. The van der Waals surface area contributed by atoms with Gasteiger partial charge in [-0.1, -0.05) is 47.7 Å². The van der Waals surface area contributed by atoms with Crippen LogP contribution >= 0.6 is 11.8 Å². The lowest BCUT2D eigenvalue weighted by atomic mass is 9.99. The number of rotatable bonds is 2. The minimum atomic E-state index is -0.600. The van der Waals surface area contributed by atoms with E-state index in [-0.39, 0.29) is 0 Å². The van der Waals surface area contributed by atoms with Crippen LogP contribution in [0.2, 0.25) is 0 Å². The number of para-hydroxylation sites is 1. The number of methoxy groups -OCH3 is 1. The van der Waals surface area contributed by atoms with E-state index in [4.69, 9.17) is 14.5 Å². The number of amidine groups is 1. The zero-order valence-corrected chi connectivity index (χ0v) is 18.7. The molecule has 6 nitrogen and oxygen atoms in total. The van der Waals surface area contributed by atoms with Gasteiger partial charge in [-0.3, -0.25) is 4.99 Å². The van der Waals surface area contributed by atoms with Crippen LogP contribution in [-0.2, 0) is 14.2 Å². The Morgan fingerprint density at radius 3 is 2.57 bits per heavy atom. The smallest absolute Gasteiger partial charge is 0.417 e. The zero-order valence-electron chi connectivity index (χ0n) is 17.9. The monoisotopic (exact) mass is 425 g/mol. The largest absolute Gasteiger partial charge is 0.443 e. The number of hydrogen-bond acceptors (Lipinski definition) is 6. The normalized spacial score (nSPS) is 22.8. The van der Waals surface area contributed by atoms with Crippen molar-refractivity contribution >= 4 is 34.4 Å². The Labute approximate surface area is 181 Å². The van der Waals surface area contributed by atoms with Gasteiger partial charge in [-0.15, -0.1) is 0 Å². The van der Waals surface area contributed by atoms with E-state index in [1.807, 2.05) is 57.2 Å². The minimum absolute atomic E-state index is 0.417. The molecule has 2 aliphatic heterocycles. The molecule has 0 unspecified atom stereocenters. The van der Waals surface area contributed by atoms with Crippen molar-refractivity contribution in [3.05, 3.63) is 59.7 Å². The van der Waals surface area contributed by atoms with Gasteiger partial charge in [-0.05, 0) is 51.5 Å². The summed E-state index contributed by atoms with van der Waals surface area (Å²) in [7, 11) is 1.63. The molecule has 7 heteroatoms. The van der Waals surface area contributed by atoms with Gasteiger partial charge in [0.15, 0.2) is 11.4 Å². The molecule has 0 saturated carbocycles. The van der Waals surface area contributed by atoms with Crippen LogP contribution in [0.15, 0.2) is 53.5 Å². The van der Waals surface area contributed by atoms with Gasteiger partial charge in [0.2, 0.25) is 0 Å². The molecule has 1 amide bonds. The van der Waals surface area contributed by atoms with Crippen molar-refractivity contribution in [2.24, 2.45) is 4.99 Å². The molecule has 30 heavy (non-hydrogen) atoms. The van der Waals surface area contributed by atoms with Crippen molar-refractivity contribution in [2.45, 2.75) is 44.3 Å². The lowest BCUT2D eigenvalue weighted by Crippen LogP contribution is -2.49. The van der Waals surface area contributed by atoms with Crippen LogP contribution in [0, 0.1) is 6.92 Å². The summed E-state index contributed by atoms with van der Waals surface area (Å²) in [4.78, 5) is 19.5. The number of ether oxygens (including phenoxy) is 2. The molecular weight excluding hydrogens is 398 g/mol. The number of carbonyl (C=O) groups excluding carboxylic acids is 1. The first-order valence-corrected chi connectivity index (χ1v) is 10.8. The SMILES string of the molecule is CO[C@H]1N(C(=O)OC(C)(C)C)c2ccccc2[C@@]12CN=C(Nc1ccc(C)cc1)S2. The lowest BCUT2D eigenvalue weighted by Gasteiger charge is -2.33. The summed E-state index contributed by atoms with van der Waals surface area (Å²) >= 11 is 1.60. The highest BCUT2D eigenvalue weighted by atomic mass is 32.2. The molecule has 4 rings (SSSR count). The average molecular weight is 426 g/mol. The number of aliphatic imine (C=N–C) groups is 1. The molecule has 0 aromatic heterocycles. The molecule has 1 N–H and O–H groups in total. The van der Waals surface area contributed by atoms with Crippen molar-refractivity contribution in [1.29, 1.82) is 0 Å². The lowest BCUT2D eigenvalue weighted by molar-refractivity contribution is 0.0337. The predicted octanol–water partition coefficient (Wildman–Crippen LogP) is 5.13. The summed E-state index contributed by atoms with van der Waals surface area (Å²) < 4.78 is 11.1. The highest BCUT2D eigenvalue weighted by molar-refractivity contribution is 8.15. The number of nitrogens with zero attached hydrogens (tertiary/aromatic N) is 2. The number of aryl methyl sites for hydroxylation is 1. The fourth-order valence-electron chi connectivity index (χ4n) is 3.83. The topological polar surface area (TPSA) is 63.2 Å². The quantitative estimate of drug-likeness (QED) is 0.722. The number of anilines is 2. The second kappa shape index (κ2) is 7.63. The number of amides is 1. The Kier molecular flexibility index (Phi) is 5.28. The molecule has 0 bridgehead atoms. The Bertz CT molecular complexity index is 984. The minimum Gasteiger partial charge on any atom is -0.443 e. The summed E-state index contributed by atoms with van der Waals surface area (Å²) in [6, 6.07) is 16.1. The highest BCUT2D eigenvalue weighted by Crippen LogP contribution is 2.55. The third-order valence-corrected chi connectivity index (χ3v) is 6.44. The molecule has 2 heterocycles. The maximum Gasteiger partial charge on any atom is 0.417 e. The fraction of sp³-hybridized carbons (Fsp3) is 0.391. The van der Waals surface area contributed by atoms with Gasteiger partial charge in [0.05, 0.1) is 12.2 Å². The molecule has 1 spiro atoms. The van der Waals surface area contributed by atoms with E-state index in [1.165, 1.54) is 5.56 Å². The molecule has 2 aliphatic rings. The van der Waals surface area contributed by atoms with E-state index in [1.54, 1.807) is 23.8 Å². The molecule has 0 saturated heterocycles. The zero-order chi connectivity index (χ0) is 21.5. The third-order valence-electron chi connectivity index (χ3n) is 5.11. The second-order valence-electron chi connectivity index (χ2n) is 8.56. The second-order valence-corrected chi connectivity index (χ2v) is 9.88. The first kappa shape index (κ1) is 20.8. The predicted molar refractivity (Wildman–Crippen MR) is 122 cm³/mol. The maximum atomic E-state index is 13.1. The average Bonchev–Trinajstić information content (AvgIpc) is 3.22. The molecule has 158 valence electrons. The van der Waals surface area contributed by atoms with Crippen molar-refractivity contribution in [3.8, 4) is 0 Å². The summed E-state index contributed by atoms with van der Waals surface area (Å²) in [5.74, 6) is 0. The van der Waals surface area contributed by atoms with Gasteiger partial charge < -0.3 is 14.8 Å². The van der Waals surface area contributed by atoms with Crippen molar-refractivity contribution < 1.29 is 14.3 Å². The van der Waals surface area contributed by atoms with Crippen LogP contribution in [0.5, 0.6) is 0 Å². The summed E-state index contributed by atoms with van der Waals surface area (Å²) in [6.45, 7) is 8.15. The summed E-state index contributed by atoms with van der Waals surface area (Å²) in [6.07, 6.45) is -0.949. The molecule has 0 fully saturated rings. The van der Waals surface area contributed by atoms with Crippen molar-refractivity contribution in [1.82, 2.24) is 0 Å². The van der Waals surface area contributed by atoms with Crippen LogP contribution in [-0.4, -0.2) is 36.7 Å².